The highest BCUT2D eigenvalue weighted by molar-refractivity contribution is 5.90. The fourth-order valence-corrected chi connectivity index (χ4v) is 0.532. The van der Waals surface area contributed by atoms with E-state index in [1.807, 2.05) is 0 Å². The maximum Gasteiger partial charge on any atom is 0.240 e. The Bertz CT molecular complexity index is 182. The average molecular weight is 161 g/mol. The molecule has 6 heteroatoms. The first-order chi connectivity index (χ1) is 4.92. The molecule has 0 aromatic carbocycles. The molecule has 0 saturated heterocycles. The summed E-state index contributed by atoms with van der Waals surface area (Å²) in [4.78, 5) is 20.8. The lowest BCUT2D eigenvalue weighted by Gasteiger charge is -2.20. The van der Waals surface area contributed by atoms with Crippen molar-refractivity contribution in [3.8, 4) is 0 Å². The summed E-state index contributed by atoms with van der Waals surface area (Å²) in [7, 11) is 0. The van der Waals surface area contributed by atoms with Gasteiger partial charge >= 0.3 is 0 Å². The summed E-state index contributed by atoms with van der Waals surface area (Å²) >= 11 is 0. The van der Waals surface area contributed by atoms with Gasteiger partial charge in [-0.05, 0) is 0 Å². The van der Waals surface area contributed by atoms with E-state index in [0.717, 1.165) is 0 Å². The first-order valence-electron chi connectivity index (χ1n) is 2.90. The van der Waals surface area contributed by atoms with Crippen LogP contribution in [-0.2, 0) is 9.59 Å². The normalized spacial score (nSPS) is 15.5. The molecule has 0 aromatic rings. The molecule has 0 radical (unpaired) electrons. The van der Waals surface area contributed by atoms with Gasteiger partial charge in [-0.15, -0.1) is 0 Å². The molecule has 0 heterocycles. The van der Waals surface area contributed by atoms with Crippen molar-refractivity contribution in [2.45, 2.75) is 12.0 Å². The molecule has 2 amide bonds. The van der Waals surface area contributed by atoms with Crippen LogP contribution in [0.5, 0.6) is 0 Å². The van der Waals surface area contributed by atoms with Crippen molar-refractivity contribution in [3.63, 3.8) is 0 Å². The second-order valence-corrected chi connectivity index (χ2v) is 2.32. The molecular weight excluding hydrogens is 150 g/mol. The highest BCUT2D eigenvalue weighted by Crippen LogP contribution is 2.03. The maximum absolute atomic E-state index is 10.5. The number of nitrogens with two attached hydrogens (primary N) is 3. The third-order valence-corrected chi connectivity index (χ3v) is 1.26. The number of hydrogen-bond donors (Lipinski definition) is 4. The van der Waals surface area contributed by atoms with E-state index in [1.54, 1.807) is 0 Å². The molecule has 0 unspecified atom stereocenters. The molecule has 0 aliphatic rings. The van der Waals surface area contributed by atoms with Crippen molar-refractivity contribution >= 4 is 11.8 Å². The van der Waals surface area contributed by atoms with Gasteiger partial charge < -0.3 is 22.3 Å². The molecule has 0 spiro atoms. The Balaban J connectivity index is 4.34. The van der Waals surface area contributed by atoms with Crippen LogP contribution in [0.2, 0.25) is 0 Å². The van der Waals surface area contributed by atoms with E-state index in [0.29, 0.717) is 0 Å². The zero-order valence-corrected chi connectivity index (χ0v) is 5.91. The van der Waals surface area contributed by atoms with Gasteiger partial charge in [0, 0.05) is 0 Å². The third-order valence-electron chi connectivity index (χ3n) is 1.26. The second-order valence-electron chi connectivity index (χ2n) is 2.32. The van der Waals surface area contributed by atoms with Gasteiger partial charge in [0.05, 0.1) is 13.0 Å². The predicted octanol–water partition coefficient (Wildman–Crippen LogP) is -2.96. The molecule has 11 heavy (non-hydrogen) atoms. The van der Waals surface area contributed by atoms with Crippen molar-refractivity contribution in [2.75, 3.05) is 6.61 Å². The maximum atomic E-state index is 10.5. The fraction of sp³-hybridized carbons (Fsp3) is 0.600. The first-order valence-corrected chi connectivity index (χ1v) is 2.90. The van der Waals surface area contributed by atoms with Crippen LogP contribution in [0.4, 0.5) is 0 Å². The molecule has 0 bridgehead atoms. The van der Waals surface area contributed by atoms with Crippen LogP contribution in [0.3, 0.4) is 0 Å². The van der Waals surface area contributed by atoms with Gasteiger partial charge in [-0.3, -0.25) is 9.59 Å². The molecule has 6 nitrogen and oxygen atoms in total. The van der Waals surface area contributed by atoms with Gasteiger partial charge in [0.2, 0.25) is 11.8 Å². The van der Waals surface area contributed by atoms with Crippen LogP contribution in [0.1, 0.15) is 6.42 Å². The number of hydrogen-bond acceptors (Lipinski definition) is 4. The van der Waals surface area contributed by atoms with Gasteiger partial charge in [-0.2, -0.15) is 0 Å². The monoisotopic (exact) mass is 161 g/mol. The highest BCUT2D eigenvalue weighted by Gasteiger charge is 2.32. The molecule has 1 atom stereocenters. The van der Waals surface area contributed by atoms with E-state index in [1.165, 1.54) is 0 Å². The zero-order valence-electron chi connectivity index (χ0n) is 5.91. The van der Waals surface area contributed by atoms with E-state index in [9.17, 15) is 9.59 Å². The predicted molar refractivity (Wildman–Crippen MR) is 37.0 cm³/mol. The Morgan fingerprint density at radius 3 is 1.91 bits per heavy atom. The summed E-state index contributed by atoms with van der Waals surface area (Å²) in [6, 6.07) is 0. The summed E-state index contributed by atoms with van der Waals surface area (Å²) < 4.78 is 0. The molecule has 7 N–H and O–H groups in total. The molecule has 0 fully saturated rings. The quantitative estimate of drug-likeness (QED) is 0.350. The van der Waals surface area contributed by atoms with Crippen LogP contribution in [0.25, 0.3) is 0 Å². The summed E-state index contributed by atoms with van der Waals surface area (Å²) in [5, 5.41) is 8.57. The summed E-state index contributed by atoms with van der Waals surface area (Å²) in [5.74, 6) is -1.72. The Labute approximate surface area is 63.3 Å². The second kappa shape index (κ2) is 3.31. The number of carbonyl (C=O) groups is 2. The lowest BCUT2D eigenvalue weighted by atomic mass is 9.97. The number of amides is 2. The van der Waals surface area contributed by atoms with E-state index in [2.05, 4.69) is 0 Å². The fourth-order valence-electron chi connectivity index (χ4n) is 0.532. The topological polar surface area (TPSA) is 132 Å². The van der Waals surface area contributed by atoms with Crippen LogP contribution < -0.4 is 17.2 Å². The number of rotatable bonds is 4. The lowest BCUT2D eigenvalue weighted by molar-refractivity contribution is -0.129. The van der Waals surface area contributed by atoms with Gasteiger partial charge in [0.25, 0.3) is 0 Å². The summed E-state index contributed by atoms with van der Waals surface area (Å²) in [6.45, 7) is -0.689. The largest absolute Gasteiger partial charge is 0.394 e. The summed E-state index contributed by atoms with van der Waals surface area (Å²) in [5.41, 5.74) is 13.1. The minimum Gasteiger partial charge on any atom is -0.394 e. The van der Waals surface area contributed by atoms with E-state index >= 15 is 0 Å². The molecule has 0 aliphatic heterocycles. The molecule has 0 aromatic heterocycles. The Morgan fingerprint density at radius 1 is 1.36 bits per heavy atom. The van der Waals surface area contributed by atoms with E-state index in [-0.39, 0.29) is 0 Å². The van der Waals surface area contributed by atoms with Crippen molar-refractivity contribution in [1.29, 1.82) is 0 Å². The van der Waals surface area contributed by atoms with Crippen molar-refractivity contribution in [3.05, 3.63) is 0 Å². The van der Waals surface area contributed by atoms with Crippen molar-refractivity contribution in [2.24, 2.45) is 17.2 Å². The third kappa shape index (κ3) is 2.52. The minimum absolute atomic E-state index is 0.446. The summed E-state index contributed by atoms with van der Waals surface area (Å²) in [6.07, 6.45) is -0.446. The number of carbonyl (C=O) groups excluding carboxylic acids is 2. The highest BCUT2D eigenvalue weighted by atomic mass is 16.3. The number of primary amides is 2. The Kier molecular flexibility index (Phi) is 2.97. The van der Waals surface area contributed by atoms with Gasteiger partial charge in [-0.25, -0.2) is 0 Å². The number of aliphatic hydroxyl groups is 1. The van der Waals surface area contributed by atoms with Gasteiger partial charge in [-0.1, -0.05) is 0 Å². The van der Waals surface area contributed by atoms with Gasteiger partial charge in [0.15, 0.2) is 0 Å². The zero-order chi connectivity index (χ0) is 9.07. The molecular formula is C5H11N3O3. The Morgan fingerprint density at radius 2 is 1.82 bits per heavy atom. The molecule has 0 rings (SSSR count). The van der Waals surface area contributed by atoms with Crippen LogP contribution in [0.15, 0.2) is 0 Å². The van der Waals surface area contributed by atoms with E-state index in [4.69, 9.17) is 22.3 Å². The standard InChI is InChI=1S/C5H11N3O3/c6-3(10)1-5(8,2-9)4(7)11/h9H,1-2,8H2,(H2,6,10)(H2,7,11)/t5-/m1/s1. The lowest BCUT2D eigenvalue weighted by Crippen LogP contribution is -2.56. The van der Waals surface area contributed by atoms with E-state index < -0.39 is 30.4 Å². The van der Waals surface area contributed by atoms with Gasteiger partial charge in [0.1, 0.15) is 5.54 Å². The SMILES string of the molecule is NC(=O)C[C@@](N)(CO)C(N)=O. The first kappa shape index (κ1) is 9.86. The number of aliphatic hydroxyl groups excluding tert-OH is 1. The smallest absolute Gasteiger partial charge is 0.240 e. The van der Waals surface area contributed by atoms with Crippen molar-refractivity contribution < 1.29 is 14.7 Å². The minimum atomic E-state index is -1.72. The Hall–Kier alpha value is -1.14. The van der Waals surface area contributed by atoms with Crippen LogP contribution >= 0.6 is 0 Å². The molecule has 0 aliphatic carbocycles. The average Bonchev–Trinajstić information content (AvgIpc) is 1.86. The van der Waals surface area contributed by atoms with Crippen LogP contribution in [-0.4, -0.2) is 29.1 Å². The molecule has 64 valence electrons. The van der Waals surface area contributed by atoms with Crippen molar-refractivity contribution in [1.82, 2.24) is 0 Å². The molecule has 0 saturated carbocycles. The van der Waals surface area contributed by atoms with Crippen LogP contribution in [0, 0.1) is 0 Å².